The number of nitrogens with one attached hydrogen (secondary N) is 3. The fourth-order valence-electron chi connectivity index (χ4n) is 2.39. The van der Waals surface area contributed by atoms with E-state index in [1.165, 1.54) is 49.8 Å². The summed E-state index contributed by atoms with van der Waals surface area (Å²) >= 11 is -0.187. The van der Waals surface area contributed by atoms with Gasteiger partial charge >= 0.3 is 5.51 Å². The van der Waals surface area contributed by atoms with Crippen LogP contribution in [0.2, 0.25) is 0 Å². The molecule has 0 amide bonds. The van der Waals surface area contributed by atoms with Gasteiger partial charge in [-0.3, -0.25) is 0 Å². The molecule has 158 valence electrons. The Kier molecular flexibility index (Phi) is 6.48. The SMILES string of the molecule is CNS(=O)(=O)c1cccc(Nc2cc(Nc3ccc(SC(F)(F)F)cc3)ncn2)c1. The van der Waals surface area contributed by atoms with E-state index < -0.39 is 15.5 Å². The van der Waals surface area contributed by atoms with Crippen LogP contribution in [0.4, 0.5) is 36.2 Å². The molecule has 12 heteroatoms. The Hall–Kier alpha value is -2.83. The van der Waals surface area contributed by atoms with Crippen molar-refractivity contribution in [2.45, 2.75) is 15.3 Å². The monoisotopic (exact) mass is 455 g/mol. The van der Waals surface area contributed by atoms with Crippen molar-refractivity contribution in [3.8, 4) is 0 Å². The molecule has 0 saturated heterocycles. The summed E-state index contributed by atoms with van der Waals surface area (Å²) in [5, 5.41) is 5.97. The van der Waals surface area contributed by atoms with Gasteiger partial charge in [0.05, 0.1) is 4.90 Å². The molecule has 7 nitrogen and oxygen atoms in total. The first-order chi connectivity index (χ1) is 14.1. The normalized spacial score (nSPS) is 11.9. The fraction of sp³-hybridized carbons (Fsp3) is 0.111. The van der Waals surface area contributed by atoms with Gasteiger partial charge in [0.1, 0.15) is 18.0 Å². The summed E-state index contributed by atoms with van der Waals surface area (Å²) in [4.78, 5) is 8.34. The van der Waals surface area contributed by atoms with Crippen molar-refractivity contribution in [3.63, 3.8) is 0 Å². The van der Waals surface area contributed by atoms with Crippen LogP contribution in [-0.2, 0) is 10.0 Å². The number of sulfonamides is 1. The zero-order valence-electron chi connectivity index (χ0n) is 15.4. The Bertz CT molecular complexity index is 1120. The van der Waals surface area contributed by atoms with Crippen molar-refractivity contribution < 1.29 is 21.6 Å². The molecule has 0 saturated carbocycles. The molecule has 30 heavy (non-hydrogen) atoms. The van der Waals surface area contributed by atoms with E-state index >= 15 is 0 Å². The summed E-state index contributed by atoms with van der Waals surface area (Å²) in [5.74, 6) is 0.804. The van der Waals surface area contributed by atoms with Crippen LogP contribution in [0.15, 0.2) is 70.7 Å². The van der Waals surface area contributed by atoms with Gasteiger partial charge in [-0.05, 0) is 61.3 Å². The minimum atomic E-state index is -4.34. The molecule has 3 aromatic rings. The van der Waals surface area contributed by atoms with Crippen molar-refractivity contribution in [1.82, 2.24) is 14.7 Å². The number of thioether (sulfide) groups is 1. The lowest BCUT2D eigenvalue weighted by Crippen LogP contribution is -2.18. The highest BCUT2D eigenvalue weighted by Crippen LogP contribution is 2.37. The molecule has 3 rings (SSSR count). The molecule has 2 aromatic carbocycles. The van der Waals surface area contributed by atoms with Gasteiger partial charge in [-0.1, -0.05) is 6.07 Å². The van der Waals surface area contributed by atoms with Crippen molar-refractivity contribution in [3.05, 3.63) is 60.9 Å². The molecular formula is C18H16F3N5O2S2. The second-order valence-corrected chi connectivity index (χ2v) is 8.87. The van der Waals surface area contributed by atoms with Gasteiger partial charge in [-0.15, -0.1) is 0 Å². The highest BCUT2D eigenvalue weighted by atomic mass is 32.2. The van der Waals surface area contributed by atoms with Crippen molar-refractivity contribution >= 4 is 44.8 Å². The van der Waals surface area contributed by atoms with E-state index in [0.717, 1.165) is 0 Å². The smallest absolute Gasteiger partial charge is 0.340 e. The summed E-state index contributed by atoms with van der Waals surface area (Å²) in [6, 6.07) is 13.5. The first-order valence-corrected chi connectivity index (χ1v) is 10.7. The molecule has 0 bridgehead atoms. The lowest BCUT2D eigenvalue weighted by Gasteiger charge is -2.10. The largest absolute Gasteiger partial charge is 0.446 e. The minimum Gasteiger partial charge on any atom is -0.340 e. The lowest BCUT2D eigenvalue weighted by atomic mass is 10.3. The highest BCUT2D eigenvalue weighted by Gasteiger charge is 2.29. The fourth-order valence-corrected chi connectivity index (χ4v) is 3.70. The molecule has 0 aliphatic carbocycles. The molecule has 0 fully saturated rings. The van der Waals surface area contributed by atoms with Crippen molar-refractivity contribution in [2.75, 3.05) is 17.7 Å². The predicted molar refractivity (Wildman–Crippen MR) is 110 cm³/mol. The van der Waals surface area contributed by atoms with E-state index in [-0.39, 0.29) is 21.6 Å². The van der Waals surface area contributed by atoms with Gasteiger partial charge in [0.25, 0.3) is 0 Å². The van der Waals surface area contributed by atoms with Crippen molar-refractivity contribution in [2.24, 2.45) is 0 Å². The zero-order chi connectivity index (χ0) is 21.8. The number of benzene rings is 2. The van der Waals surface area contributed by atoms with Gasteiger partial charge in [0.2, 0.25) is 10.0 Å². The molecule has 0 radical (unpaired) electrons. The van der Waals surface area contributed by atoms with Gasteiger partial charge in [0.15, 0.2) is 0 Å². The predicted octanol–water partition coefficient (Wildman–Crippen LogP) is 4.48. The molecule has 0 aliphatic rings. The first kappa shape index (κ1) is 21.9. The quantitative estimate of drug-likeness (QED) is 0.452. The van der Waals surface area contributed by atoms with Crippen LogP contribution in [0.5, 0.6) is 0 Å². The molecule has 1 heterocycles. The molecule has 0 atom stereocenters. The van der Waals surface area contributed by atoms with E-state index in [4.69, 9.17) is 0 Å². The average molecular weight is 455 g/mol. The third kappa shape index (κ3) is 6.08. The number of hydrogen-bond acceptors (Lipinski definition) is 7. The van der Waals surface area contributed by atoms with Crippen LogP contribution >= 0.6 is 11.8 Å². The van der Waals surface area contributed by atoms with Crippen LogP contribution in [-0.4, -0.2) is 30.9 Å². The van der Waals surface area contributed by atoms with Crippen LogP contribution in [0.25, 0.3) is 0 Å². The van der Waals surface area contributed by atoms with Gasteiger partial charge < -0.3 is 10.6 Å². The van der Waals surface area contributed by atoms with Crippen LogP contribution < -0.4 is 15.4 Å². The number of hydrogen-bond donors (Lipinski definition) is 3. The summed E-state index contributed by atoms with van der Waals surface area (Å²) in [5.41, 5.74) is -3.29. The number of rotatable bonds is 7. The van der Waals surface area contributed by atoms with Crippen molar-refractivity contribution in [1.29, 1.82) is 0 Å². The van der Waals surface area contributed by atoms with E-state index in [9.17, 15) is 21.6 Å². The van der Waals surface area contributed by atoms with Crippen LogP contribution in [0.3, 0.4) is 0 Å². The maximum Gasteiger partial charge on any atom is 0.446 e. The van der Waals surface area contributed by atoms with Crippen LogP contribution in [0, 0.1) is 0 Å². The second kappa shape index (κ2) is 8.90. The summed E-state index contributed by atoms with van der Waals surface area (Å²) in [7, 11) is -2.26. The maximum atomic E-state index is 12.4. The number of nitrogens with zero attached hydrogens (tertiary/aromatic N) is 2. The topological polar surface area (TPSA) is 96.0 Å². The van der Waals surface area contributed by atoms with Gasteiger partial charge in [-0.25, -0.2) is 23.1 Å². The number of halogens is 3. The Balaban J connectivity index is 1.72. The third-order valence-corrected chi connectivity index (χ3v) is 5.86. The van der Waals surface area contributed by atoms with E-state index in [1.807, 2.05) is 0 Å². The molecule has 0 aliphatic heterocycles. The minimum absolute atomic E-state index is 0.0782. The molecular weight excluding hydrogens is 439 g/mol. The van der Waals surface area contributed by atoms with Gasteiger partial charge in [0, 0.05) is 22.3 Å². The van der Waals surface area contributed by atoms with Gasteiger partial charge in [-0.2, -0.15) is 13.2 Å². The highest BCUT2D eigenvalue weighted by molar-refractivity contribution is 8.00. The number of aromatic nitrogens is 2. The first-order valence-electron chi connectivity index (χ1n) is 8.40. The summed E-state index contributed by atoms with van der Waals surface area (Å²) in [6.45, 7) is 0. The Morgan fingerprint density at radius 1 is 0.900 bits per heavy atom. The molecule has 1 aromatic heterocycles. The lowest BCUT2D eigenvalue weighted by molar-refractivity contribution is -0.0328. The van der Waals surface area contributed by atoms with E-state index in [0.29, 0.717) is 23.0 Å². The summed E-state index contributed by atoms with van der Waals surface area (Å²) < 4.78 is 63.3. The molecule has 3 N–H and O–H groups in total. The summed E-state index contributed by atoms with van der Waals surface area (Å²) in [6.07, 6.45) is 1.30. The zero-order valence-corrected chi connectivity index (χ0v) is 17.1. The Labute approximate surface area is 175 Å². The maximum absolute atomic E-state index is 12.4. The number of anilines is 4. The Morgan fingerprint density at radius 2 is 1.53 bits per heavy atom. The third-order valence-electron chi connectivity index (χ3n) is 3.71. The van der Waals surface area contributed by atoms with E-state index in [2.05, 4.69) is 25.3 Å². The van der Waals surface area contributed by atoms with E-state index in [1.54, 1.807) is 18.2 Å². The Morgan fingerprint density at radius 3 is 2.13 bits per heavy atom. The second-order valence-electron chi connectivity index (χ2n) is 5.85. The molecule has 0 spiro atoms. The van der Waals surface area contributed by atoms with Crippen LogP contribution in [0.1, 0.15) is 0 Å². The molecule has 0 unspecified atom stereocenters. The average Bonchev–Trinajstić information content (AvgIpc) is 2.69. The number of alkyl halides is 3. The standard InChI is InChI=1S/C18H16F3N5O2S2/c1-22-30(27,28)15-4-2-3-13(9-15)26-17-10-16(23-11-24-17)25-12-5-7-14(8-6-12)29-18(19,20)21/h2-11,22H,1H3,(H2,23,24,25,26).